The van der Waals surface area contributed by atoms with Gasteiger partial charge < -0.3 is 10.1 Å². The van der Waals surface area contributed by atoms with Crippen LogP contribution in [0.2, 0.25) is 5.02 Å². The van der Waals surface area contributed by atoms with Gasteiger partial charge in [-0.25, -0.2) is 0 Å². The highest BCUT2D eigenvalue weighted by atomic mass is 35.5. The first-order chi connectivity index (χ1) is 8.54. The molecular formula is C13H12ClNO3. The Balaban J connectivity index is 2.29. The normalized spacial score (nSPS) is 10.6. The van der Waals surface area contributed by atoms with E-state index in [2.05, 4.69) is 5.32 Å². The lowest BCUT2D eigenvalue weighted by Gasteiger charge is -2.13. The van der Waals surface area contributed by atoms with E-state index >= 15 is 0 Å². The van der Waals surface area contributed by atoms with Gasteiger partial charge in [-0.3, -0.25) is 9.59 Å². The molecule has 18 heavy (non-hydrogen) atoms. The van der Waals surface area contributed by atoms with Crippen LogP contribution in [0.1, 0.15) is 12.5 Å². The van der Waals surface area contributed by atoms with E-state index in [9.17, 15) is 9.59 Å². The van der Waals surface area contributed by atoms with E-state index < -0.39 is 10.9 Å². The van der Waals surface area contributed by atoms with Crippen molar-refractivity contribution in [3.8, 4) is 5.75 Å². The zero-order valence-electron chi connectivity index (χ0n) is 10.0. The molecule has 4 nitrogen and oxygen atoms in total. The number of benzene rings is 1. The van der Waals surface area contributed by atoms with Crippen molar-refractivity contribution in [1.82, 2.24) is 0 Å². The zero-order valence-corrected chi connectivity index (χ0v) is 10.8. The molecule has 94 valence electrons. The number of aryl methyl sites for hydroxylation is 1. The first-order valence-corrected chi connectivity index (χ1v) is 5.91. The molecule has 0 spiro atoms. The van der Waals surface area contributed by atoms with Crippen molar-refractivity contribution in [2.24, 2.45) is 0 Å². The molecule has 0 atom stereocenters. The third-order valence-electron chi connectivity index (χ3n) is 2.60. The molecule has 2 aromatic carbocycles. The molecule has 0 heterocycles. The average Bonchev–Trinajstić information content (AvgIpc) is 2.37. The summed E-state index contributed by atoms with van der Waals surface area (Å²) in [4.78, 5) is 22.7. The fourth-order valence-corrected chi connectivity index (χ4v) is 1.76. The van der Waals surface area contributed by atoms with Gasteiger partial charge in [-0.15, -0.1) is 0 Å². The minimum absolute atomic E-state index is 0.0965. The molecule has 2 rings (SSSR count). The van der Waals surface area contributed by atoms with Gasteiger partial charge in [0.15, 0.2) is 5.75 Å². The van der Waals surface area contributed by atoms with Crippen LogP contribution in [0.5, 0.6) is 5.75 Å². The summed E-state index contributed by atoms with van der Waals surface area (Å²) in [5, 5.41) is 3.46. The number of anilines is 2. The van der Waals surface area contributed by atoms with Crippen molar-refractivity contribution in [2.75, 3.05) is 11.9 Å². The van der Waals surface area contributed by atoms with Crippen molar-refractivity contribution >= 4 is 23.0 Å². The van der Waals surface area contributed by atoms with Crippen LogP contribution in [-0.4, -0.2) is 6.61 Å². The van der Waals surface area contributed by atoms with E-state index in [1.807, 2.05) is 13.0 Å². The lowest BCUT2D eigenvalue weighted by atomic mass is 10.2. The molecule has 0 unspecified atom stereocenters. The molecule has 0 aliphatic rings. The van der Waals surface area contributed by atoms with E-state index in [1.54, 1.807) is 19.1 Å². The summed E-state index contributed by atoms with van der Waals surface area (Å²) in [7, 11) is 0. The number of rotatable bonds is 4. The van der Waals surface area contributed by atoms with Gasteiger partial charge in [0.05, 0.1) is 6.61 Å². The highest BCUT2D eigenvalue weighted by Crippen LogP contribution is 2.26. The number of ether oxygens (including phenoxy) is 1. The second-order valence-electron chi connectivity index (χ2n) is 3.88. The summed E-state index contributed by atoms with van der Waals surface area (Å²) in [5.41, 5.74) is 0.644. The van der Waals surface area contributed by atoms with Crippen molar-refractivity contribution in [3.63, 3.8) is 0 Å². The lowest BCUT2D eigenvalue weighted by Crippen LogP contribution is -2.35. The van der Waals surface area contributed by atoms with Gasteiger partial charge in [0.25, 0.3) is 10.9 Å². The van der Waals surface area contributed by atoms with E-state index in [0.29, 0.717) is 17.3 Å². The standard InChI is InChI=1S/C13H12ClNO3/c1-3-18-13-10(11(16)12(13)17)15-8-5-4-7(2)9(14)6-8/h4-6,15H,3H2,1-2H3. The third-order valence-corrected chi connectivity index (χ3v) is 3.00. The van der Waals surface area contributed by atoms with Crippen LogP contribution in [0.15, 0.2) is 27.8 Å². The summed E-state index contributed by atoms with van der Waals surface area (Å²) in [6.07, 6.45) is 0. The predicted molar refractivity (Wildman–Crippen MR) is 72.0 cm³/mol. The van der Waals surface area contributed by atoms with Crippen LogP contribution < -0.4 is 20.9 Å². The average molecular weight is 266 g/mol. The maximum Gasteiger partial charge on any atom is 0.272 e. The van der Waals surface area contributed by atoms with Crippen molar-refractivity contribution in [1.29, 1.82) is 0 Å². The van der Waals surface area contributed by atoms with Gasteiger partial charge in [0.1, 0.15) is 5.69 Å². The third kappa shape index (κ3) is 2.11. The molecule has 0 aromatic heterocycles. The molecule has 0 aliphatic heterocycles. The summed E-state index contributed by atoms with van der Waals surface area (Å²) in [5.74, 6) is 0.0965. The van der Waals surface area contributed by atoms with Crippen molar-refractivity contribution in [3.05, 3.63) is 49.2 Å². The summed E-state index contributed by atoms with van der Waals surface area (Å²) in [6, 6.07) is 5.31. The Morgan fingerprint density at radius 1 is 1.28 bits per heavy atom. The Kier molecular flexibility index (Phi) is 3.39. The van der Waals surface area contributed by atoms with Crippen LogP contribution >= 0.6 is 11.6 Å². The predicted octanol–water partition coefficient (Wildman–Crippen LogP) is 2.39. The molecule has 0 radical (unpaired) electrons. The number of halogens is 1. The molecule has 0 amide bonds. The molecular weight excluding hydrogens is 254 g/mol. The number of hydrogen-bond donors (Lipinski definition) is 1. The van der Waals surface area contributed by atoms with E-state index in [-0.39, 0.29) is 11.4 Å². The fourth-order valence-electron chi connectivity index (χ4n) is 1.58. The highest BCUT2D eigenvalue weighted by molar-refractivity contribution is 6.31. The summed E-state index contributed by atoms with van der Waals surface area (Å²) < 4.78 is 5.11. The largest absolute Gasteiger partial charge is 0.488 e. The van der Waals surface area contributed by atoms with Crippen LogP contribution in [0.4, 0.5) is 11.4 Å². The van der Waals surface area contributed by atoms with E-state index in [4.69, 9.17) is 16.3 Å². The number of nitrogens with one attached hydrogen (secondary N) is 1. The molecule has 0 saturated heterocycles. The monoisotopic (exact) mass is 265 g/mol. The van der Waals surface area contributed by atoms with Gasteiger partial charge in [-0.1, -0.05) is 17.7 Å². The maximum absolute atomic E-state index is 11.4. The Morgan fingerprint density at radius 2 is 2.00 bits per heavy atom. The van der Waals surface area contributed by atoms with Crippen molar-refractivity contribution in [2.45, 2.75) is 13.8 Å². The van der Waals surface area contributed by atoms with Crippen molar-refractivity contribution < 1.29 is 4.74 Å². The summed E-state index contributed by atoms with van der Waals surface area (Å²) >= 11 is 5.98. The first-order valence-electron chi connectivity index (χ1n) is 5.54. The van der Waals surface area contributed by atoms with Gasteiger partial charge in [-0.05, 0) is 31.5 Å². The Hall–Kier alpha value is -1.81. The molecule has 0 fully saturated rings. The molecule has 0 bridgehead atoms. The molecule has 0 aliphatic carbocycles. The smallest absolute Gasteiger partial charge is 0.272 e. The lowest BCUT2D eigenvalue weighted by molar-refractivity contribution is 0.335. The number of hydrogen-bond acceptors (Lipinski definition) is 4. The SMILES string of the molecule is CCOc1c(Nc2ccc(C)c(Cl)c2)c(=O)c1=O. The Bertz CT molecular complexity index is 657. The Morgan fingerprint density at radius 3 is 2.61 bits per heavy atom. The highest BCUT2D eigenvalue weighted by Gasteiger charge is 2.22. The minimum Gasteiger partial charge on any atom is -0.488 e. The topological polar surface area (TPSA) is 55.4 Å². The zero-order chi connectivity index (χ0) is 13.3. The molecule has 5 heteroatoms. The quantitative estimate of drug-likeness (QED) is 0.863. The van der Waals surface area contributed by atoms with E-state index in [0.717, 1.165) is 5.56 Å². The van der Waals surface area contributed by atoms with E-state index in [1.165, 1.54) is 0 Å². The van der Waals surface area contributed by atoms with Gasteiger partial charge in [0.2, 0.25) is 0 Å². The maximum atomic E-state index is 11.4. The summed E-state index contributed by atoms with van der Waals surface area (Å²) in [6.45, 7) is 3.98. The second-order valence-corrected chi connectivity index (χ2v) is 4.29. The molecule has 1 N–H and O–H groups in total. The molecule has 2 aromatic rings. The fraction of sp³-hybridized carbons (Fsp3) is 0.231. The van der Waals surface area contributed by atoms with Crippen LogP contribution in [0, 0.1) is 6.92 Å². The first kappa shape index (κ1) is 12.6. The van der Waals surface area contributed by atoms with Crippen LogP contribution in [-0.2, 0) is 0 Å². The van der Waals surface area contributed by atoms with Gasteiger partial charge in [0, 0.05) is 10.7 Å². The Labute approximate surface area is 109 Å². The second kappa shape index (κ2) is 4.82. The van der Waals surface area contributed by atoms with Crippen LogP contribution in [0.25, 0.3) is 0 Å². The van der Waals surface area contributed by atoms with Gasteiger partial charge >= 0.3 is 0 Å². The van der Waals surface area contributed by atoms with Gasteiger partial charge in [-0.2, -0.15) is 0 Å². The minimum atomic E-state index is -0.586. The molecule has 0 saturated carbocycles. The van der Waals surface area contributed by atoms with Crippen LogP contribution in [0.3, 0.4) is 0 Å².